The molecule has 0 spiro atoms. The molecule has 0 saturated carbocycles. The number of halogens is 7. The minimum atomic E-state index is -6.12. The first-order valence-corrected chi connectivity index (χ1v) is 8.01. The van der Waals surface area contributed by atoms with Crippen LogP contribution in [0.15, 0.2) is 24.3 Å². The van der Waals surface area contributed by atoms with Gasteiger partial charge in [-0.2, -0.15) is 26.3 Å². The molecule has 1 aromatic rings. The van der Waals surface area contributed by atoms with Gasteiger partial charge in [-0.15, -0.1) is 0 Å². The molecule has 1 rings (SSSR count). The fraction of sp³-hybridized carbons (Fsp3) is 0.588. The van der Waals surface area contributed by atoms with Gasteiger partial charge in [0.05, 0.1) is 5.56 Å². The second kappa shape index (κ2) is 8.26. The Morgan fingerprint density at radius 2 is 1.62 bits per heavy atom. The van der Waals surface area contributed by atoms with Crippen LogP contribution >= 0.6 is 0 Å². The molecular weight excluding hydrogens is 369 g/mol. The molecule has 1 aromatic carbocycles. The maximum Gasteiger partial charge on any atom is 0.379 e. The molecular formula is C17H19F7O2. The topological polar surface area (TPSA) is 37.3 Å². The van der Waals surface area contributed by atoms with Crippen LogP contribution in [0.3, 0.4) is 0 Å². The number of hydrogen-bond acceptors (Lipinski definition) is 1. The van der Waals surface area contributed by atoms with Crippen LogP contribution in [0.2, 0.25) is 0 Å². The molecule has 0 amide bonds. The van der Waals surface area contributed by atoms with Gasteiger partial charge >= 0.3 is 23.7 Å². The molecule has 0 saturated heterocycles. The number of aromatic carboxylic acids is 1. The highest BCUT2D eigenvalue weighted by atomic mass is 19.3. The molecule has 1 atom stereocenters. The van der Waals surface area contributed by atoms with Gasteiger partial charge in [-0.1, -0.05) is 50.8 Å². The van der Waals surface area contributed by atoms with Gasteiger partial charge in [0.2, 0.25) is 0 Å². The van der Waals surface area contributed by atoms with E-state index in [4.69, 9.17) is 5.11 Å². The molecule has 9 heteroatoms. The number of carbonyl (C=O) groups is 1. The first kappa shape index (κ1) is 22.2. The number of unbranched alkanes of at least 4 members (excludes halogenated alkanes) is 3. The highest BCUT2D eigenvalue weighted by Gasteiger charge is 2.75. The lowest BCUT2D eigenvalue weighted by Crippen LogP contribution is -2.57. The van der Waals surface area contributed by atoms with Crippen molar-refractivity contribution in [3.63, 3.8) is 0 Å². The molecule has 1 unspecified atom stereocenters. The molecule has 26 heavy (non-hydrogen) atoms. The van der Waals surface area contributed by atoms with Crippen molar-refractivity contribution in [2.24, 2.45) is 0 Å². The third-order valence-electron chi connectivity index (χ3n) is 4.01. The summed E-state index contributed by atoms with van der Waals surface area (Å²) in [7, 11) is 0. The molecule has 0 aliphatic rings. The lowest BCUT2D eigenvalue weighted by molar-refractivity contribution is -0.331. The molecule has 0 aliphatic carbocycles. The number of carboxylic acids is 1. The van der Waals surface area contributed by atoms with E-state index in [0.717, 1.165) is 12.1 Å². The summed E-state index contributed by atoms with van der Waals surface area (Å²) in [5, 5.41) is 8.83. The van der Waals surface area contributed by atoms with Gasteiger partial charge in [-0.3, -0.25) is 0 Å². The van der Waals surface area contributed by atoms with Crippen molar-refractivity contribution in [1.82, 2.24) is 0 Å². The predicted octanol–water partition coefficient (Wildman–Crippen LogP) is 6.06. The zero-order chi connectivity index (χ0) is 20.2. The average Bonchev–Trinajstić information content (AvgIpc) is 2.58. The van der Waals surface area contributed by atoms with Crippen molar-refractivity contribution in [3.05, 3.63) is 35.4 Å². The summed E-state index contributed by atoms with van der Waals surface area (Å²) < 4.78 is 97.9. The van der Waals surface area contributed by atoms with E-state index >= 15 is 0 Å². The standard InChI is InChI=1S/C17H19F7O2/c1-2-3-4-5-10-13(18)16(21,22)17(23,24)15(19,20)12-9-7-6-8-11(12)14(25)26/h6-9,13H,2-5,10H2,1H3,(H,25,26). The summed E-state index contributed by atoms with van der Waals surface area (Å²) in [4.78, 5) is 10.9. The van der Waals surface area contributed by atoms with E-state index in [1.807, 2.05) is 0 Å². The number of alkyl halides is 7. The highest BCUT2D eigenvalue weighted by Crippen LogP contribution is 2.54. The highest BCUT2D eigenvalue weighted by molar-refractivity contribution is 5.89. The van der Waals surface area contributed by atoms with E-state index < -0.39 is 47.5 Å². The van der Waals surface area contributed by atoms with Gasteiger partial charge in [-0.25, -0.2) is 9.18 Å². The molecule has 0 fully saturated rings. The van der Waals surface area contributed by atoms with Crippen LogP contribution in [0.1, 0.15) is 54.9 Å². The van der Waals surface area contributed by atoms with Gasteiger partial charge in [0.15, 0.2) is 6.17 Å². The molecule has 2 nitrogen and oxygen atoms in total. The maximum absolute atomic E-state index is 14.2. The van der Waals surface area contributed by atoms with Crippen molar-refractivity contribution in [1.29, 1.82) is 0 Å². The first-order chi connectivity index (χ1) is 11.9. The smallest absolute Gasteiger partial charge is 0.379 e. The van der Waals surface area contributed by atoms with E-state index in [1.54, 1.807) is 6.92 Å². The van der Waals surface area contributed by atoms with E-state index in [-0.39, 0.29) is 6.42 Å². The summed E-state index contributed by atoms with van der Waals surface area (Å²) in [6.07, 6.45) is -3.09. The van der Waals surface area contributed by atoms with E-state index in [2.05, 4.69) is 0 Å². The fourth-order valence-electron chi connectivity index (χ4n) is 2.45. The van der Waals surface area contributed by atoms with Crippen molar-refractivity contribution in [2.75, 3.05) is 0 Å². The molecule has 0 bridgehead atoms. The van der Waals surface area contributed by atoms with Gasteiger partial charge < -0.3 is 5.11 Å². The van der Waals surface area contributed by atoms with Gasteiger partial charge in [0.1, 0.15) is 0 Å². The van der Waals surface area contributed by atoms with Gasteiger partial charge in [0.25, 0.3) is 0 Å². The fourth-order valence-corrected chi connectivity index (χ4v) is 2.45. The average molecular weight is 388 g/mol. The van der Waals surface area contributed by atoms with E-state index in [1.165, 1.54) is 0 Å². The zero-order valence-electron chi connectivity index (χ0n) is 13.9. The van der Waals surface area contributed by atoms with E-state index in [9.17, 15) is 35.5 Å². The molecule has 148 valence electrons. The Hall–Kier alpha value is -1.80. The van der Waals surface area contributed by atoms with Crippen LogP contribution in [0.4, 0.5) is 30.7 Å². The molecule has 0 aliphatic heterocycles. The molecule has 0 radical (unpaired) electrons. The predicted molar refractivity (Wildman–Crippen MR) is 80.8 cm³/mol. The quantitative estimate of drug-likeness (QED) is 0.391. The van der Waals surface area contributed by atoms with Gasteiger partial charge in [-0.05, 0) is 12.5 Å². The lowest BCUT2D eigenvalue weighted by atomic mass is 9.90. The summed E-state index contributed by atoms with van der Waals surface area (Å²) >= 11 is 0. The van der Waals surface area contributed by atoms with Crippen LogP contribution in [0, 0.1) is 0 Å². The molecule has 0 heterocycles. The third kappa shape index (κ3) is 4.12. The number of rotatable bonds is 10. The largest absolute Gasteiger partial charge is 0.478 e. The Morgan fingerprint density at radius 3 is 2.15 bits per heavy atom. The normalized spacial score (nSPS) is 14.3. The van der Waals surface area contributed by atoms with Crippen LogP contribution < -0.4 is 0 Å². The molecule has 1 N–H and O–H groups in total. The van der Waals surface area contributed by atoms with Crippen molar-refractivity contribution >= 4 is 5.97 Å². The number of hydrogen-bond donors (Lipinski definition) is 1. The Morgan fingerprint density at radius 1 is 1.04 bits per heavy atom. The van der Waals surface area contributed by atoms with E-state index in [0.29, 0.717) is 31.4 Å². The first-order valence-electron chi connectivity index (χ1n) is 8.01. The van der Waals surface area contributed by atoms with Crippen LogP contribution in [-0.4, -0.2) is 29.1 Å². The maximum atomic E-state index is 14.2. The summed E-state index contributed by atoms with van der Waals surface area (Å²) in [5.74, 6) is -19.4. The van der Waals surface area contributed by atoms with Crippen molar-refractivity contribution in [2.45, 2.75) is 63.0 Å². The number of benzene rings is 1. The van der Waals surface area contributed by atoms with Gasteiger partial charge in [0, 0.05) is 5.56 Å². The Balaban J connectivity index is 3.18. The second-order valence-electron chi connectivity index (χ2n) is 5.94. The Kier molecular flexibility index (Phi) is 7.07. The zero-order valence-corrected chi connectivity index (χ0v) is 13.9. The molecule has 0 aromatic heterocycles. The summed E-state index contributed by atoms with van der Waals surface area (Å²) in [6, 6.07) is 2.67. The third-order valence-corrected chi connectivity index (χ3v) is 4.01. The number of carboxylic acid groups (broad SMARTS) is 1. The van der Waals surface area contributed by atoms with Crippen LogP contribution in [-0.2, 0) is 5.92 Å². The van der Waals surface area contributed by atoms with Crippen LogP contribution in [0.25, 0.3) is 0 Å². The second-order valence-corrected chi connectivity index (χ2v) is 5.94. The summed E-state index contributed by atoms with van der Waals surface area (Å²) in [6.45, 7) is 1.79. The minimum Gasteiger partial charge on any atom is -0.478 e. The van der Waals surface area contributed by atoms with Crippen LogP contribution in [0.5, 0.6) is 0 Å². The lowest BCUT2D eigenvalue weighted by Gasteiger charge is -2.35. The SMILES string of the molecule is CCCCCCC(F)C(F)(F)C(F)(F)C(F)(F)c1ccccc1C(=O)O. The summed E-state index contributed by atoms with van der Waals surface area (Å²) in [5.41, 5.74) is -3.05. The van der Waals surface area contributed by atoms with Crippen molar-refractivity contribution in [3.8, 4) is 0 Å². The van der Waals surface area contributed by atoms with Crippen molar-refractivity contribution < 1.29 is 40.6 Å². The minimum absolute atomic E-state index is 0.155. The Bertz CT molecular complexity index is 617. The monoisotopic (exact) mass is 388 g/mol. The Labute approximate surface area is 146 Å².